The summed E-state index contributed by atoms with van der Waals surface area (Å²) < 4.78 is 0.990. The molecule has 1 fully saturated rings. The number of aliphatic hydroxyl groups excluding tert-OH is 1. The van der Waals surface area contributed by atoms with Gasteiger partial charge in [0.05, 0.1) is 5.54 Å². The fourth-order valence-corrected chi connectivity index (χ4v) is 2.89. The molecule has 4 heteroatoms. The second kappa shape index (κ2) is 5.62. The molecule has 1 unspecified atom stereocenters. The van der Waals surface area contributed by atoms with E-state index in [1.807, 2.05) is 42.5 Å². The number of rotatable bonds is 4. The van der Waals surface area contributed by atoms with Crippen LogP contribution < -0.4 is 5.32 Å². The summed E-state index contributed by atoms with van der Waals surface area (Å²) in [6.45, 7) is 0. The van der Waals surface area contributed by atoms with Crippen LogP contribution in [0.4, 0.5) is 0 Å². The van der Waals surface area contributed by atoms with Crippen molar-refractivity contribution in [2.24, 2.45) is 0 Å². The van der Waals surface area contributed by atoms with Gasteiger partial charge in [0.15, 0.2) is 6.10 Å². The highest BCUT2D eigenvalue weighted by Crippen LogP contribution is 2.46. The average molecular weight is 346 g/mol. The third-order valence-electron chi connectivity index (χ3n) is 3.85. The van der Waals surface area contributed by atoms with Crippen LogP contribution in [0.1, 0.15) is 30.1 Å². The summed E-state index contributed by atoms with van der Waals surface area (Å²) in [5.41, 5.74) is 1.36. The summed E-state index contributed by atoms with van der Waals surface area (Å²) in [5.74, 6) is -0.348. The Morgan fingerprint density at radius 3 is 2.48 bits per heavy atom. The Kier molecular flexibility index (Phi) is 3.83. The summed E-state index contributed by atoms with van der Waals surface area (Å²) in [6.07, 6.45) is 0.670. The first-order chi connectivity index (χ1) is 10.1. The monoisotopic (exact) mass is 345 g/mol. The zero-order valence-corrected chi connectivity index (χ0v) is 13.0. The Labute approximate surface area is 132 Å². The van der Waals surface area contributed by atoms with Crippen molar-refractivity contribution in [2.75, 3.05) is 0 Å². The van der Waals surface area contributed by atoms with E-state index in [1.54, 1.807) is 12.1 Å². The molecule has 0 radical (unpaired) electrons. The number of halogens is 1. The van der Waals surface area contributed by atoms with Crippen molar-refractivity contribution in [3.63, 3.8) is 0 Å². The van der Waals surface area contributed by atoms with Crippen LogP contribution in [0, 0.1) is 0 Å². The molecular formula is C17H16BrNO2. The van der Waals surface area contributed by atoms with Gasteiger partial charge in [0.2, 0.25) is 0 Å². The molecule has 0 aliphatic heterocycles. The van der Waals surface area contributed by atoms with Gasteiger partial charge in [-0.25, -0.2) is 0 Å². The first-order valence-electron chi connectivity index (χ1n) is 6.92. The van der Waals surface area contributed by atoms with Gasteiger partial charge in [0.1, 0.15) is 0 Å². The lowest BCUT2D eigenvalue weighted by Crippen LogP contribution is -2.38. The Balaban J connectivity index is 1.76. The van der Waals surface area contributed by atoms with E-state index < -0.39 is 6.10 Å². The smallest absolute Gasteiger partial charge is 0.254 e. The minimum Gasteiger partial charge on any atom is -0.378 e. The van der Waals surface area contributed by atoms with E-state index in [0.717, 1.165) is 22.9 Å². The molecular weight excluding hydrogens is 330 g/mol. The molecule has 21 heavy (non-hydrogen) atoms. The van der Waals surface area contributed by atoms with Crippen molar-refractivity contribution in [1.82, 2.24) is 5.32 Å². The summed E-state index contributed by atoms with van der Waals surface area (Å²) in [5, 5.41) is 13.2. The fraction of sp³-hybridized carbons (Fsp3) is 0.235. The summed E-state index contributed by atoms with van der Waals surface area (Å²) >= 11 is 3.45. The van der Waals surface area contributed by atoms with E-state index in [0.29, 0.717) is 5.56 Å². The normalized spacial score (nSPS) is 17.0. The third kappa shape index (κ3) is 3.01. The predicted octanol–water partition coefficient (Wildman–Crippen LogP) is 3.29. The van der Waals surface area contributed by atoms with Crippen molar-refractivity contribution in [2.45, 2.75) is 24.5 Å². The molecule has 1 aliphatic rings. The summed E-state index contributed by atoms with van der Waals surface area (Å²) in [4.78, 5) is 12.3. The van der Waals surface area contributed by atoms with Gasteiger partial charge >= 0.3 is 0 Å². The molecule has 108 valence electrons. The molecule has 1 saturated carbocycles. The molecule has 0 aromatic heterocycles. The van der Waals surface area contributed by atoms with Crippen LogP contribution in [0.15, 0.2) is 59.1 Å². The SMILES string of the molecule is O=C(NC1(c2cccc(Br)c2)CC1)C(O)c1ccccc1. The van der Waals surface area contributed by atoms with E-state index in [9.17, 15) is 9.90 Å². The van der Waals surface area contributed by atoms with Crippen LogP contribution in [0.5, 0.6) is 0 Å². The number of hydrogen-bond acceptors (Lipinski definition) is 2. The molecule has 0 heterocycles. The number of benzene rings is 2. The second-order valence-corrected chi connectivity index (χ2v) is 6.31. The maximum Gasteiger partial charge on any atom is 0.254 e. The topological polar surface area (TPSA) is 49.3 Å². The van der Waals surface area contributed by atoms with Gasteiger partial charge in [0, 0.05) is 4.47 Å². The highest BCUT2D eigenvalue weighted by Gasteiger charge is 2.46. The Bertz CT molecular complexity index is 653. The number of carbonyl (C=O) groups excluding carboxylic acids is 1. The molecule has 0 spiro atoms. The van der Waals surface area contributed by atoms with Crippen LogP contribution in [-0.2, 0) is 10.3 Å². The minimum absolute atomic E-state index is 0.323. The first-order valence-corrected chi connectivity index (χ1v) is 7.71. The second-order valence-electron chi connectivity index (χ2n) is 5.39. The van der Waals surface area contributed by atoms with Crippen LogP contribution >= 0.6 is 15.9 Å². The quantitative estimate of drug-likeness (QED) is 0.893. The molecule has 2 N–H and O–H groups in total. The Morgan fingerprint density at radius 1 is 1.14 bits per heavy atom. The molecule has 1 amide bonds. The molecule has 2 aromatic rings. The lowest BCUT2D eigenvalue weighted by molar-refractivity contribution is -0.130. The number of hydrogen-bond donors (Lipinski definition) is 2. The Hall–Kier alpha value is -1.65. The van der Waals surface area contributed by atoms with Gasteiger partial charge < -0.3 is 10.4 Å². The molecule has 2 aromatic carbocycles. The summed E-state index contributed by atoms with van der Waals surface area (Å²) in [7, 11) is 0. The Morgan fingerprint density at radius 2 is 1.86 bits per heavy atom. The van der Waals surface area contributed by atoms with Gasteiger partial charge in [-0.15, -0.1) is 0 Å². The lowest BCUT2D eigenvalue weighted by atomic mass is 10.0. The number of aliphatic hydroxyl groups is 1. The molecule has 3 rings (SSSR count). The van der Waals surface area contributed by atoms with E-state index in [2.05, 4.69) is 21.2 Å². The molecule has 1 atom stereocenters. The van der Waals surface area contributed by atoms with Crippen LogP contribution in [0.2, 0.25) is 0 Å². The predicted molar refractivity (Wildman–Crippen MR) is 84.6 cm³/mol. The number of nitrogens with one attached hydrogen (secondary N) is 1. The number of amides is 1. The lowest BCUT2D eigenvalue weighted by Gasteiger charge is -2.20. The van der Waals surface area contributed by atoms with Crippen LogP contribution in [0.25, 0.3) is 0 Å². The maximum atomic E-state index is 12.3. The third-order valence-corrected chi connectivity index (χ3v) is 4.35. The molecule has 1 aliphatic carbocycles. The highest BCUT2D eigenvalue weighted by atomic mass is 79.9. The largest absolute Gasteiger partial charge is 0.378 e. The highest BCUT2D eigenvalue weighted by molar-refractivity contribution is 9.10. The van der Waals surface area contributed by atoms with Gasteiger partial charge in [0.25, 0.3) is 5.91 Å². The van der Waals surface area contributed by atoms with E-state index in [-0.39, 0.29) is 11.4 Å². The molecule has 3 nitrogen and oxygen atoms in total. The van der Waals surface area contributed by atoms with Crippen molar-refractivity contribution in [1.29, 1.82) is 0 Å². The van der Waals surface area contributed by atoms with E-state index in [1.165, 1.54) is 0 Å². The van der Waals surface area contributed by atoms with Crippen molar-refractivity contribution in [3.8, 4) is 0 Å². The fourth-order valence-electron chi connectivity index (χ4n) is 2.49. The van der Waals surface area contributed by atoms with Crippen LogP contribution in [0.3, 0.4) is 0 Å². The zero-order valence-electron chi connectivity index (χ0n) is 11.4. The first kappa shape index (κ1) is 14.3. The maximum absolute atomic E-state index is 12.3. The van der Waals surface area contributed by atoms with Crippen molar-refractivity contribution < 1.29 is 9.90 Å². The van der Waals surface area contributed by atoms with Gasteiger partial charge in [-0.05, 0) is 36.1 Å². The van der Waals surface area contributed by atoms with Gasteiger partial charge in [-0.3, -0.25) is 4.79 Å². The van der Waals surface area contributed by atoms with Crippen molar-refractivity contribution >= 4 is 21.8 Å². The molecule has 0 bridgehead atoms. The van der Waals surface area contributed by atoms with Gasteiger partial charge in [-0.2, -0.15) is 0 Å². The standard InChI is InChI=1S/C17H16BrNO2/c18-14-8-4-7-13(11-14)17(9-10-17)19-16(21)15(20)12-5-2-1-3-6-12/h1-8,11,15,20H,9-10H2,(H,19,21). The van der Waals surface area contributed by atoms with Gasteiger partial charge in [-0.1, -0.05) is 58.4 Å². The molecule has 0 saturated heterocycles. The number of carbonyl (C=O) groups is 1. The van der Waals surface area contributed by atoms with Crippen LogP contribution in [-0.4, -0.2) is 11.0 Å². The van der Waals surface area contributed by atoms with E-state index >= 15 is 0 Å². The van der Waals surface area contributed by atoms with E-state index in [4.69, 9.17) is 0 Å². The van der Waals surface area contributed by atoms with Crippen molar-refractivity contribution in [3.05, 3.63) is 70.2 Å². The minimum atomic E-state index is -1.13. The average Bonchev–Trinajstić information content (AvgIpc) is 3.28. The zero-order chi connectivity index (χ0) is 14.9. The summed E-state index contributed by atoms with van der Waals surface area (Å²) in [6, 6.07) is 16.9.